The van der Waals surface area contributed by atoms with Crippen LogP contribution in [0.5, 0.6) is 0 Å². The molecule has 2 heterocycles. The van der Waals surface area contributed by atoms with E-state index in [2.05, 4.69) is 24.9 Å². The molecule has 0 spiro atoms. The number of para-hydroxylation sites is 1. The number of piperazine rings is 1. The average Bonchev–Trinajstić information content (AvgIpc) is 2.96. The van der Waals surface area contributed by atoms with E-state index in [1.807, 2.05) is 23.1 Å². The van der Waals surface area contributed by atoms with Crippen LogP contribution in [-0.2, 0) is 16.0 Å². The molecule has 2 aliphatic rings. The SMILES string of the molecule is CCc1ccccc1N1CC(C(=O)N2CCN(C)CC2)CC1=O. The number of likely N-dealkylation sites (N-methyl/N-ethyl adjacent to an activating group) is 1. The average molecular weight is 315 g/mol. The van der Waals surface area contributed by atoms with Crippen molar-refractivity contribution in [2.45, 2.75) is 19.8 Å². The number of benzene rings is 1. The van der Waals surface area contributed by atoms with Crippen molar-refractivity contribution in [1.29, 1.82) is 0 Å². The molecule has 5 heteroatoms. The molecule has 5 nitrogen and oxygen atoms in total. The van der Waals surface area contributed by atoms with Gasteiger partial charge in [0.2, 0.25) is 11.8 Å². The smallest absolute Gasteiger partial charge is 0.228 e. The zero-order chi connectivity index (χ0) is 16.4. The highest BCUT2D eigenvalue weighted by Crippen LogP contribution is 2.29. The third kappa shape index (κ3) is 3.24. The third-order valence-corrected chi connectivity index (χ3v) is 4.95. The molecule has 0 N–H and O–H groups in total. The lowest BCUT2D eigenvalue weighted by Gasteiger charge is -2.33. The zero-order valence-corrected chi connectivity index (χ0v) is 14.0. The van der Waals surface area contributed by atoms with E-state index in [0.717, 1.165) is 43.9 Å². The van der Waals surface area contributed by atoms with E-state index in [4.69, 9.17) is 0 Å². The molecule has 23 heavy (non-hydrogen) atoms. The van der Waals surface area contributed by atoms with Gasteiger partial charge < -0.3 is 14.7 Å². The van der Waals surface area contributed by atoms with Crippen LogP contribution < -0.4 is 4.90 Å². The summed E-state index contributed by atoms with van der Waals surface area (Å²) in [6, 6.07) is 7.99. The van der Waals surface area contributed by atoms with Crippen molar-refractivity contribution >= 4 is 17.5 Å². The molecule has 124 valence electrons. The van der Waals surface area contributed by atoms with E-state index < -0.39 is 0 Å². The Morgan fingerprint density at radius 1 is 1.17 bits per heavy atom. The van der Waals surface area contributed by atoms with Gasteiger partial charge in [0.25, 0.3) is 0 Å². The van der Waals surface area contributed by atoms with Crippen molar-refractivity contribution < 1.29 is 9.59 Å². The van der Waals surface area contributed by atoms with Crippen molar-refractivity contribution in [1.82, 2.24) is 9.80 Å². The summed E-state index contributed by atoms with van der Waals surface area (Å²) in [5.74, 6) is 0.0112. The Balaban J connectivity index is 1.71. The van der Waals surface area contributed by atoms with Gasteiger partial charge in [0.1, 0.15) is 0 Å². The van der Waals surface area contributed by atoms with Gasteiger partial charge in [-0.25, -0.2) is 0 Å². The number of hydrogen-bond donors (Lipinski definition) is 0. The lowest BCUT2D eigenvalue weighted by atomic mass is 10.1. The second-order valence-electron chi connectivity index (χ2n) is 6.52. The Hall–Kier alpha value is -1.88. The van der Waals surface area contributed by atoms with Gasteiger partial charge in [-0.05, 0) is 25.1 Å². The van der Waals surface area contributed by atoms with Crippen LogP contribution in [0.4, 0.5) is 5.69 Å². The van der Waals surface area contributed by atoms with Gasteiger partial charge in [-0.3, -0.25) is 9.59 Å². The van der Waals surface area contributed by atoms with Crippen LogP contribution >= 0.6 is 0 Å². The molecule has 2 fully saturated rings. The summed E-state index contributed by atoms with van der Waals surface area (Å²) in [7, 11) is 2.07. The van der Waals surface area contributed by atoms with Crippen LogP contribution in [0, 0.1) is 5.92 Å². The Morgan fingerprint density at radius 2 is 1.87 bits per heavy atom. The Kier molecular flexibility index (Phi) is 4.66. The summed E-state index contributed by atoms with van der Waals surface area (Å²) in [5.41, 5.74) is 2.13. The number of rotatable bonds is 3. The van der Waals surface area contributed by atoms with Gasteiger partial charge in [0, 0.05) is 44.8 Å². The topological polar surface area (TPSA) is 43.9 Å². The molecule has 2 saturated heterocycles. The first kappa shape index (κ1) is 16.0. The molecule has 0 saturated carbocycles. The van der Waals surface area contributed by atoms with Crippen LogP contribution in [0.1, 0.15) is 18.9 Å². The van der Waals surface area contributed by atoms with Crippen LogP contribution in [0.25, 0.3) is 0 Å². The van der Waals surface area contributed by atoms with Crippen LogP contribution in [0.15, 0.2) is 24.3 Å². The van der Waals surface area contributed by atoms with Crippen molar-refractivity contribution in [2.75, 3.05) is 44.7 Å². The summed E-state index contributed by atoms with van der Waals surface area (Å²) >= 11 is 0. The van der Waals surface area contributed by atoms with Gasteiger partial charge in [-0.2, -0.15) is 0 Å². The van der Waals surface area contributed by atoms with Gasteiger partial charge in [-0.1, -0.05) is 25.1 Å². The number of hydrogen-bond acceptors (Lipinski definition) is 3. The molecule has 1 unspecified atom stereocenters. The maximum absolute atomic E-state index is 12.7. The van der Waals surface area contributed by atoms with E-state index in [-0.39, 0.29) is 17.7 Å². The first-order valence-corrected chi connectivity index (χ1v) is 8.45. The second kappa shape index (κ2) is 6.71. The molecular weight excluding hydrogens is 290 g/mol. The molecular formula is C18H25N3O2. The number of carbonyl (C=O) groups excluding carboxylic acids is 2. The lowest BCUT2D eigenvalue weighted by molar-refractivity contribution is -0.137. The van der Waals surface area contributed by atoms with Crippen LogP contribution in [-0.4, -0.2) is 61.4 Å². The second-order valence-corrected chi connectivity index (χ2v) is 6.52. The maximum atomic E-state index is 12.7. The highest BCUT2D eigenvalue weighted by Gasteiger charge is 2.38. The molecule has 1 atom stereocenters. The van der Waals surface area contributed by atoms with Gasteiger partial charge in [-0.15, -0.1) is 0 Å². The molecule has 2 aliphatic heterocycles. The van der Waals surface area contributed by atoms with E-state index in [0.29, 0.717) is 13.0 Å². The predicted octanol–water partition coefficient (Wildman–Crippen LogP) is 1.38. The fraction of sp³-hybridized carbons (Fsp3) is 0.556. The van der Waals surface area contributed by atoms with Crippen molar-refractivity contribution in [3.8, 4) is 0 Å². The Labute approximate surface area is 137 Å². The number of aryl methyl sites for hydroxylation is 1. The number of nitrogens with zero attached hydrogens (tertiary/aromatic N) is 3. The largest absolute Gasteiger partial charge is 0.340 e. The Morgan fingerprint density at radius 3 is 2.57 bits per heavy atom. The van der Waals surface area contributed by atoms with Crippen molar-refractivity contribution in [2.24, 2.45) is 5.92 Å². The van der Waals surface area contributed by atoms with E-state index in [9.17, 15) is 9.59 Å². The number of carbonyl (C=O) groups is 2. The van der Waals surface area contributed by atoms with Gasteiger partial charge in [0.05, 0.1) is 5.92 Å². The molecule has 3 rings (SSSR count). The van der Waals surface area contributed by atoms with E-state index >= 15 is 0 Å². The quantitative estimate of drug-likeness (QED) is 0.846. The summed E-state index contributed by atoms with van der Waals surface area (Å²) in [4.78, 5) is 31.1. The molecule has 2 amide bonds. The predicted molar refractivity (Wildman–Crippen MR) is 90.4 cm³/mol. The minimum absolute atomic E-state index is 0.0679. The fourth-order valence-corrected chi connectivity index (χ4v) is 3.46. The molecule has 0 radical (unpaired) electrons. The zero-order valence-electron chi connectivity index (χ0n) is 14.0. The van der Waals surface area contributed by atoms with E-state index in [1.54, 1.807) is 4.90 Å². The molecule has 0 aliphatic carbocycles. The number of amides is 2. The van der Waals surface area contributed by atoms with Crippen LogP contribution in [0.2, 0.25) is 0 Å². The first-order valence-electron chi connectivity index (χ1n) is 8.45. The normalized spacial score (nSPS) is 22.7. The third-order valence-electron chi connectivity index (χ3n) is 4.95. The summed E-state index contributed by atoms with van der Waals surface area (Å²) in [6.45, 7) is 5.97. The summed E-state index contributed by atoms with van der Waals surface area (Å²) in [6.07, 6.45) is 1.22. The minimum atomic E-state index is -0.198. The fourth-order valence-electron chi connectivity index (χ4n) is 3.46. The minimum Gasteiger partial charge on any atom is -0.340 e. The highest BCUT2D eigenvalue weighted by atomic mass is 16.2. The maximum Gasteiger partial charge on any atom is 0.228 e. The first-order chi connectivity index (χ1) is 11.1. The monoisotopic (exact) mass is 315 g/mol. The van der Waals surface area contributed by atoms with Gasteiger partial charge >= 0.3 is 0 Å². The molecule has 1 aromatic carbocycles. The highest BCUT2D eigenvalue weighted by molar-refractivity contribution is 6.00. The molecule has 1 aromatic rings. The van der Waals surface area contributed by atoms with Crippen molar-refractivity contribution in [3.63, 3.8) is 0 Å². The van der Waals surface area contributed by atoms with E-state index in [1.165, 1.54) is 0 Å². The molecule has 0 aromatic heterocycles. The van der Waals surface area contributed by atoms with Crippen LogP contribution in [0.3, 0.4) is 0 Å². The lowest BCUT2D eigenvalue weighted by Crippen LogP contribution is -2.49. The number of anilines is 1. The Bertz CT molecular complexity index is 594. The summed E-state index contributed by atoms with van der Waals surface area (Å²) < 4.78 is 0. The standard InChI is InChI=1S/C18H25N3O2/c1-3-14-6-4-5-7-16(14)21-13-15(12-17(21)22)18(23)20-10-8-19(2)9-11-20/h4-7,15H,3,8-13H2,1-2H3. The van der Waals surface area contributed by atoms with Gasteiger partial charge in [0.15, 0.2) is 0 Å². The summed E-state index contributed by atoms with van der Waals surface area (Å²) in [5, 5.41) is 0. The van der Waals surface area contributed by atoms with Crippen molar-refractivity contribution in [3.05, 3.63) is 29.8 Å². The molecule has 0 bridgehead atoms.